The van der Waals surface area contributed by atoms with Gasteiger partial charge in [-0.3, -0.25) is 0 Å². The molecule has 0 atom stereocenters. The topological polar surface area (TPSA) is 30.5 Å². The van der Waals surface area contributed by atoms with Gasteiger partial charge in [-0.15, -0.1) is 0 Å². The average Bonchev–Trinajstić information content (AvgIpc) is 2.30. The number of hydrogen-bond acceptors (Lipinski definition) is 3. The molecule has 1 aromatic rings. The van der Waals surface area contributed by atoms with Crippen molar-refractivity contribution in [2.45, 2.75) is 6.42 Å². The first-order chi connectivity index (χ1) is 8.24. The second kappa shape index (κ2) is 8.66. The second-order valence-corrected chi connectivity index (χ2v) is 4.67. The standard InChI is InChI=1S/C12H17FINO2/c1-16-6-2-7-17-8-5-15-12-4-3-10(13)9-11(12)14/h3-4,9,15H,2,5-8H2,1H3. The summed E-state index contributed by atoms with van der Waals surface area (Å²) >= 11 is 2.11. The first kappa shape index (κ1) is 14.7. The van der Waals surface area contributed by atoms with Crippen LogP contribution in [0.15, 0.2) is 18.2 Å². The number of hydrogen-bond donors (Lipinski definition) is 1. The molecule has 0 unspecified atom stereocenters. The van der Waals surface area contributed by atoms with E-state index in [2.05, 4.69) is 27.9 Å². The third-order valence-electron chi connectivity index (χ3n) is 2.13. The molecule has 0 amide bonds. The smallest absolute Gasteiger partial charge is 0.124 e. The summed E-state index contributed by atoms with van der Waals surface area (Å²) in [6.07, 6.45) is 0.907. The van der Waals surface area contributed by atoms with Gasteiger partial charge < -0.3 is 14.8 Å². The third-order valence-corrected chi connectivity index (χ3v) is 3.02. The largest absolute Gasteiger partial charge is 0.385 e. The molecule has 1 N–H and O–H groups in total. The number of benzene rings is 1. The maximum absolute atomic E-state index is 12.8. The molecule has 96 valence electrons. The third kappa shape index (κ3) is 6.18. The summed E-state index contributed by atoms with van der Waals surface area (Å²) in [6.45, 7) is 2.78. The van der Waals surface area contributed by atoms with Crippen LogP contribution in [0.25, 0.3) is 0 Å². The number of nitrogens with one attached hydrogen (secondary N) is 1. The molecule has 0 saturated carbocycles. The molecule has 5 heteroatoms. The molecule has 0 aliphatic rings. The summed E-state index contributed by atoms with van der Waals surface area (Å²) in [6, 6.07) is 4.69. The molecule has 0 heterocycles. The Morgan fingerprint density at radius 2 is 2.12 bits per heavy atom. The second-order valence-electron chi connectivity index (χ2n) is 3.51. The lowest BCUT2D eigenvalue weighted by molar-refractivity contribution is 0.109. The van der Waals surface area contributed by atoms with Gasteiger partial charge in [0.05, 0.1) is 6.61 Å². The predicted octanol–water partition coefficient (Wildman–Crippen LogP) is 2.90. The maximum Gasteiger partial charge on any atom is 0.124 e. The number of halogens is 2. The SMILES string of the molecule is COCCCOCCNc1ccc(F)cc1I. The average molecular weight is 353 g/mol. The van der Waals surface area contributed by atoms with Gasteiger partial charge in [-0.05, 0) is 47.2 Å². The van der Waals surface area contributed by atoms with Crippen molar-refractivity contribution in [3.63, 3.8) is 0 Å². The number of rotatable bonds is 8. The van der Waals surface area contributed by atoms with E-state index in [1.165, 1.54) is 12.1 Å². The first-order valence-electron chi connectivity index (χ1n) is 5.49. The number of methoxy groups -OCH3 is 1. The highest BCUT2D eigenvalue weighted by molar-refractivity contribution is 14.1. The highest BCUT2D eigenvalue weighted by Gasteiger charge is 2.00. The number of ether oxygens (including phenoxy) is 2. The van der Waals surface area contributed by atoms with Gasteiger partial charge in [0.15, 0.2) is 0 Å². The summed E-state index contributed by atoms with van der Waals surface area (Å²) in [5, 5.41) is 3.20. The molecule has 0 spiro atoms. The van der Waals surface area contributed by atoms with Gasteiger partial charge in [0, 0.05) is 36.1 Å². The van der Waals surface area contributed by atoms with Crippen LogP contribution in [0.3, 0.4) is 0 Å². The van der Waals surface area contributed by atoms with Crippen LogP contribution in [0.2, 0.25) is 0 Å². The van der Waals surface area contributed by atoms with Gasteiger partial charge in [0.25, 0.3) is 0 Å². The fourth-order valence-electron chi connectivity index (χ4n) is 1.30. The van der Waals surface area contributed by atoms with Crippen molar-refractivity contribution < 1.29 is 13.9 Å². The molecule has 0 fully saturated rings. The normalized spacial score (nSPS) is 10.5. The summed E-state index contributed by atoms with van der Waals surface area (Å²) in [5.74, 6) is -0.212. The molecule has 17 heavy (non-hydrogen) atoms. The van der Waals surface area contributed by atoms with Crippen LogP contribution in [0.1, 0.15) is 6.42 Å². The summed E-state index contributed by atoms with van der Waals surface area (Å²) < 4.78 is 24.0. The van der Waals surface area contributed by atoms with Gasteiger partial charge in [0.1, 0.15) is 5.82 Å². The van der Waals surface area contributed by atoms with Crippen LogP contribution in [-0.4, -0.2) is 33.5 Å². The zero-order chi connectivity index (χ0) is 12.5. The Morgan fingerprint density at radius 1 is 1.29 bits per heavy atom. The van der Waals surface area contributed by atoms with Gasteiger partial charge in [-0.1, -0.05) is 0 Å². The van der Waals surface area contributed by atoms with Crippen molar-refractivity contribution in [2.75, 3.05) is 38.8 Å². The van der Waals surface area contributed by atoms with E-state index < -0.39 is 0 Å². The number of anilines is 1. The Hall–Kier alpha value is -0.400. The Kier molecular flexibility index (Phi) is 7.46. The molecule has 1 rings (SSSR count). The van der Waals surface area contributed by atoms with Crippen molar-refractivity contribution in [1.82, 2.24) is 0 Å². The van der Waals surface area contributed by atoms with Crippen LogP contribution < -0.4 is 5.32 Å². The highest BCUT2D eigenvalue weighted by atomic mass is 127. The Labute approximate surface area is 115 Å². The summed E-state index contributed by atoms with van der Waals surface area (Å²) in [7, 11) is 1.68. The Bertz CT molecular complexity index is 336. The van der Waals surface area contributed by atoms with Crippen molar-refractivity contribution in [3.05, 3.63) is 27.6 Å². The molecule has 3 nitrogen and oxygen atoms in total. The lowest BCUT2D eigenvalue weighted by Gasteiger charge is -2.09. The highest BCUT2D eigenvalue weighted by Crippen LogP contribution is 2.18. The predicted molar refractivity (Wildman–Crippen MR) is 74.9 cm³/mol. The van der Waals surface area contributed by atoms with E-state index in [-0.39, 0.29) is 5.82 Å². The van der Waals surface area contributed by atoms with Gasteiger partial charge in [-0.25, -0.2) is 4.39 Å². The van der Waals surface area contributed by atoms with E-state index in [4.69, 9.17) is 9.47 Å². The fraction of sp³-hybridized carbons (Fsp3) is 0.500. The molecular weight excluding hydrogens is 336 g/mol. The van der Waals surface area contributed by atoms with Crippen molar-refractivity contribution in [1.29, 1.82) is 0 Å². The lowest BCUT2D eigenvalue weighted by atomic mass is 10.3. The summed E-state index contributed by atoms with van der Waals surface area (Å²) in [4.78, 5) is 0. The maximum atomic E-state index is 12.8. The Morgan fingerprint density at radius 3 is 2.82 bits per heavy atom. The summed E-state index contributed by atoms with van der Waals surface area (Å²) in [5.41, 5.74) is 0.937. The van der Waals surface area contributed by atoms with E-state index >= 15 is 0 Å². The van der Waals surface area contributed by atoms with E-state index in [0.717, 1.165) is 22.3 Å². The molecule has 0 bridgehead atoms. The van der Waals surface area contributed by atoms with Gasteiger partial charge in [-0.2, -0.15) is 0 Å². The minimum atomic E-state index is -0.212. The molecule has 0 aliphatic heterocycles. The molecule has 0 radical (unpaired) electrons. The van der Waals surface area contributed by atoms with Crippen LogP contribution in [0.5, 0.6) is 0 Å². The van der Waals surface area contributed by atoms with Crippen molar-refractivity contribution in [2.24, 2.45) is 0 Å². The molecule has 1 aromatic carbocycles. The van der Waals surface area contributed by atoms with E-state index in [9.17, 15) is 4.39 Å². The van der Waals surface area contributed by atoms with Gasteiger partial charge in [0.2, 0.25) is 0 Å². The van der Waals surface area contributed by atoms with Crippen molar-refractivity contribution in [3.8, 4) is 0 Å². The lowest BCUT2D eigenvalue weighted by Crippen LogP contribution is -2.11. The quantitative estimate of drug-likeness (QED) is 0.576. The van der Waals surface area contributed by atoms with E-state index in [1.54, 1.807) is 13.2 Å². The first-order valence-corrected chi connectivity index (χ1v) is 6.57. The minimum Gasteiger partial charge on any atom is -0.385 e. The van der Waals surface area contributed by atoms with E-state index in [1.807, 2.05) is 0 Å². The van der Waals surface area contributed by atoms with Crippen LogP contribution in [0.4, 0.5) is 10.1 Å². The van der Waals surface area contributed by atoms with Crippen LogP contribution in [-0.2, 0) is 9.47 Å². The van der Waals surface area contributed by atoms with E-state index in [0.29, 0.717) is 19.8 Å². The van der Waals surface area contributed by atoms with Crippen LogP contribution >= 0.6 is 22.6 Å². The molecule has 0 saturated heterocycles. The fourth-order valence-corrected chi connectivity index (χ4v) is 1.97. The molecule has 0 aliphatic carbocycles. The van der Waals surface area contributed by atoms with Crippen molar-refractivity contribution >= 4 is 28.3 Å². The zero-order valence-corrected chi connectivity index (χ0v) is 12.0. The Balaban J connectivity index is 2.14. The molecule has 0 aromatic heterocycles. The monoisotopic (exact) mass is 353 g/mol. The van der Waals surface area contributed by atoms with Crippen LogP contribution in [0, 0.1) is 9.39 Å². The van der Waals surface area contributed by atoms with Gasteiger partial charge >= 0.3 is 0 Å². The molecular formula is C12H17FINO2. The zero-order valence-electron chi connectivity index (χ0n) is 9.84. The minimum absolute atomic E-state index is 0.212.